The van der Waals surface area contributed by atoms with E-state index in [-0.39, 0.29) is 5.78 Å². The van der Waals surface area contributed by atoms with Crippen LogP contribution in [0.3, 0.4) is 0 Å². The van der Waals surface area contributed by atoms with Gasteiger partial charge in [0.05, 0.1) is 10.6 Å². The fourth-order valence-corrected chi connectivity index (χ4v) is 3.39. The van der Waals surface area contributed by atoms with Gasteiger partial charge in [-0.15, -0.1) is 0 Å². The zero-order chi connectivity index (χ0) is 13.4. The molecular formula is C13H21N3OS. The molecule has 100 valence electrons. The summed E-state index contributed by atoms with van der Waals surface area (Å²) in [5, 5.41) is 0.990. The highest BCUT2D eigenvalue weighted by atomic mass is 32.1. The Morgan fingerprint density at radius 3 is 2.33 bits per heavy atom. The monoisotopic (exact) mass is 267 g/mol. The van der Waals surface area contributed by atoms with Gasteiger partial charge >= 0.3 is 0 Å². The summed E-state index contributed by atoms with van der Waals surface area (Å²) in [7, 11) is 2.17. The van der Waals surface area contributed by atoms with Crippen LogP contribution < -0.4 is 4.90 Å². The third-order valence-corrected chi connectivity index (χ3v) is 5.05. The maximum absolute atomic E-state index is 11.5. The molecule has 0 saturated carbocycles. The van der Waals surface area contributed by atoms with E-state index in [2.05, 4.69) is 35.7 Å². The van der Waals surface area contributed by atoms with Gasteiger partial charge in [0.1, 0.15) is 0 Å². The fourth-order valence-electron chi connectivity index (χ4n) is 2.40. The summed E-state index contributed by atoms with van der Waals surface area (Å²) < 4.78 is 0. The van der Waals surface area contributed by atoms with Crippen LogP contribution in [0.5, 0.6) is 0 Å². The van der Waals surface area contributed by atoms with Gasteiger partial charge in [-0.1, -0.05) is 11.3 Å². The Hall–Kier alpha value is -0.940. The van der Waals surface area contributed by atoms with Crippen LogP contribution in [0.15, 0.2) is 0 Å². The number of Topliss-reactive ketones (excluding diaryl/α,β-unsaturated/α-hetero) is 1. The van der Waals surface area contributed by atoms with Gasteiger partial charge in [0, 0.05) is 32.1 Å². The second-order valence-corrected chi connectivity index (χ2v) is 6.21. The Labute approximate surface area is 113 Å². The summed E-state index contributed by atoms with van der Waals surface area (Å²) in [5.74, 6) is 0.117. The van der Waals surface area contributed by atoms with Crippen LogP contribution in [-0.4, -0.2) is 47.9 Å². The molecule has 0 N–H and O–H groups in total. The van der Waals surface area contributed by atoms with Gasteiger partial charge in [0.2, 0.25) is 0 Å². The Morgan fingerprint density at radius 1 is 1.33 bits per heavy atom. The SMILES string of the molecule is CC(=O)c1sc(N2CC(C)N(C)C(C)C2)nc1C. The molecule has 1 saturated heterocycles. The molecule has 2 heterocycles. The van der Waals surface area contributed by atoms with Crippen LogP contribution in [0.2, 0.25) is 0 Å². The van der Waals surface area contributed by atoms with Gasteiger partial charge in [-0.2, -0.15) is 0 Å². The molecule has 1 aromatic heterocycles. The molecule has 1 aromatic rings. The molecule has 2 unspecified atom stereocenters. The quantitative estimate of drug-likeness (QED) is 0.770. The number of nitrogens with zero attached hydrogens (tertiary/aromatic N) is 3. The lowest BCUT2D eigenvalue weighted by Crippen LogP contribution is -2.55. The first kappa shape index (κ1) is 13.5. The van der Waals surface area contributed by atoms with Crippen molar-refractivity contribution in [2.45, 2.75) is 39.8 Å². The van der Waals surface area contributed by atoms with Crippen molar-refractivity contribution in [3.63, 3.8) is 0 Å². The maximum Gasteiger partial charge on any atom is 0.186 e. The number of carbonyl (C=O) groups excluding carboxylic acids is 1. The first-order chi connectivity index (χ1) is 8.40. The number of carbonyl (C=O) groups is 1. The van der Waals surface area contributed by atoms with E-state index in [9.17, 15) is 4.79 Å². The standard InChI is InChI=1S/C13H21N3OS/c1-8-6-16(7-9(2)15(8)5)13-14-10(3)12(18-13)11(4)17/h8-9H,6-7H2,1-5H3. The Kier molecular flexibility index (Phi) is 3.73. The highest BCUT2D eigenvalue weighted by Crippen LogP contribution is 2.29. The van der Waals surface area contributed by atoms with Gasteiger partial charge < -0.3 is 4.90 Å². The van der Waals surface area contributed by atoms with E-state index in [1.165, 1.54) is 11.3 Å². The first-order valence-corrected chi connectivity index (χ1v) is 7.17. The number of anilines is 1. The van der Waals surface area contributed by atoms with Crippen molar-refractivity contribution < 1.29 is 4.79 Å². The van der Waals surface area contributed by atoms with Crippen molar-refractivity contribution in [2.75, 3.05) is 25.0 Å². The highest BCUT2D eigenvalue weighted by molar-refractivity contribution is 7.17. The van der Waals surface area contributed by atoms with Crippen LogP contribution in [0.1, 0.15) is 36.1 Å². The number of rotatable bonds is 2. The zero-order valence-electron chi connectivity index (χ0n) is 11.7. The molecule has 0 bridgehead atoms. The smallest absolute Gasteiger partial charge is 0.186 e. The van der Waals surface area contributed by atoms with Crippen LogP contribution in [-0.2, 0) is 0 Å². The average molecular weight is 267 g/mol. The van der Waals surface area contributed by atoms with Gasteiger partial charge in [-0.05, 0) is 27.8 Å². The number of hydrogen-bond donors (Lipinski definition) is 0. The molecule has 5 heteroatoms. The Morgan fingerprint density at radius 2 is 1.89 bits per heavy atom. The molecule has 18 heavy (non-hydrogen) atoms. The molecule has 0 spiro atoms. The van der Waals surface area contributed by atoms with Crippen LogP contribution >= 0.6 is 11.3 Å². The molecule has 2 rings (SSSR count). The van der Waals surface area contributed by atoms with Gasteiger partial charge in [-0.25, -0.2) is 4.98 Å². The van der Waals surface area contributed by atoms with Crippen molar-refractivity contribution in [1.82, 2.24) is 9.88 Å². The minimum absolute atomic E-state index is 0.117. The zero-order valence-corrected chi connectivity index (χ0v) is 12.5. The first-order valence-electron chi connectivity index (χ1n) is 6.35. The van der Waals surface area contributed by atoms with Crippen LogP contribution in [0.4, 0.5) is 5.13 Å². The van der Waals surface area contributed by atoms with Crippen molar-refractivity contribution in [3.8, 4) is 0 Å². The van der Waals surface area contributed by atoms with Crippen LogP contribution in [0, 0.1) is 6.92 Å². The van der Waals surface area contributed by atoms with Gasteiger partial charge in [0.25, 0.3) is 0 Å². The summed E-state index contributed by atoms with van der Waals surface area (Å²) in [4.78, 5) is 21.5. The molecule has 1 fully saturated rings. The summed E-state index contributed by atoms with van der Waals surface area (Å²) in [6.45, 7) is 9.94. The Balaban J connectivity index is 2.22. The number of likely N-dealkylation sites (N-methyl/N-ethyl adjacent to an activating group) is 1. The number of ketones is 1. The second kappa shape index (κ2) is 4.97. The minimum Gasteiger partial charge on any atom is -0.345 e. The van der Waals surface area contributed by atoms with Crippen molar-refractivity contribution in [1.29, 1.82) is 0 Å². The van der Waals surface area contributed by atoms with E-state index >= 15 is 0 Å². The highest BCUT2D eigenvalue weighted by Gasteiger charge is 2.28. The normalized spacial score (nSPS) is 25.5. The summed E-state index contributed by atoms with van der Waals surface area (Å²) in [6, 6.07) is 1.03. The van der Waals surface area contributed by atoms with Crippen molar-refractivity contribution in [2.24, 2.45) is 0 Å². The molecule has 0 aromatic carbocycles. The maximum atomic E-state index is 11.5. The topological polar surface area (TPSA) is 36.4 Å². The molecule has 0 radical (unpaired) electrons. The van der Waals surface area contributed by atoms with E-state index in [0.717, 1.165) is 28.8 Å². The van der Waals surface area contributed by atoms with E-state index in [0.29, 0.717) is 12.1 Å². The van der Waals surface area contributed by atoms with E-state index in [1.807, 2.05) is 6.92 Å². The lowest BCUT2D eigenvalue weighted by molar-refractivity contribution is 0.102. The van der Waals surface area contributed by atoms with Gasteiger partial charge in [0.15, 0.2) is 10.9 Å². The predicted octanol–water partition coefficient (Wildman–Crippen LogP) is 2.18. The second-order valence-electron chi connectivity index (χ2n) is 5.24. The van der Waals surface area contributed by atoms with Gasteiger partial charge in [-0.3, -0.25) is 9.69 Å². The molecule has 0 aliphatic carbocycles. The molecular weight excluding hydrogens is 246 g/mol. The molecule has 1 aliphatic heterocycles. The fraction of sp³-hybridized carbons (Fsp3) is 0.692. The summed E-state index contributed by atoms with van der Waals surface area (Å²) in [6.07, 6.45) is 0. The van der Waals surface area contributed by atoms with Crippen molar-refractivity contribution in [3.05, 3.63) is 10.6 Å². The number of aromatic nitrogens is 1. The number of thiazole rings is 1. The van der Waals surface area contributed by atoms with Crippen LogP contribution in [0.25, 0.3) is 0 Å². The van der Waals surface area contributed by atoms with Crippen molar-refractivity contribution >= 4 is 22.3 Å². The van der Waals surface area contributed by atoms with E-state index in [1.54, 1.807) is 6.92 Å². The molecule has 0 amide bonds. The largest absolute Gasteiger partial charge is 0.345 e. The average Bonchev–Trinajstić information content (AvgIpc) is 2.67. The van der Waals surface area contributed by atoms with E-state index in [4.69, 9.17) is 0 Å². The molecule has 2 atom stereocenters. The third kappa shape index (κ3) is 2.42. The lowest BCUT2D eigenvalue weighted by Gasteiger charge is -2.42. The number of hydrogen-bond acceptors (Lipinski definition) is 5. The van der Waals surface area contributed by atoms with E-state index < -0.39 is 0 Å². The summed E-state index contributed by atoms with van der Waals surface area (Å²) in [5.41, 5.74) is 0.863. The predicted molar refractivity (Wildman–Crippen MR) is 75.8 cm³/mol. The minimum atomic E-state index is 0.117. The molecule has 4 nitrogen and oxygen atoms in total. The lowest BCUT2D eigenvalue weighted by atomic mass is 10.1. The molecule has 1 aliphatic rings. The Bertz CT molecular complexity index is 445. The third-order valence-electron chi connectivity index (χ3n) is 3.74. The number of piperazine rings is 1. The summed E-state index contributed by atoms with van der Waals surface area (Å²) >= 11 is 1.53. The number of aryl methyl sites for hydroxylation is 1.